The number of hydrogen-bond acceptors (Lipinski definition) is 3. The van der Waals surface area contributed by atoms with Crippen molar-refractivity contribution in [3.8, 4) is 0 Å². The first-order chi connectivity index (χ1) is 7.38. The number of allylic oxidation sites excluding steroid dienone is 2. The Balaban J connectivity index is 4.47. The molecule has 0 fully saturated rings. The Kier molecular flexibility index (Phi) is 6.38. The van der Waals surface area contributed by atoms with Gasteiger partial charge in [0.15, 0.2) is 0 Å². The highest BCUT2D eigenvalue weighted by molar-refractivity contribution is 6.01. The minimum Gasteiger partial charge on any atom is -0.386 e. The first-order valence-electron chi connectivity index (χ1n) is 5.50. The second kappa shape index (κ2) is 6.99. The highest BCUT2D eigenvalue weighted by Gasteiger charge is 2.13. The van der Waals surface area contributed by atoms with Crippen LogP contribution in [0.15, 0.2) is 23.3 Å². The fourth-order valence-electron chi connectivity index (χ4n) is 1.20. The summed E-state index contributed by atoms with van der Waals surface area (Å²) in [5, 5.41) is 0. The van der Waals surface area contributed by atoms with Crippen LogP contribution in [-0.4, -0.2) is 11.9 Å². The van der Waals surface area contributed by atoms with Gasteiger partial charge in [-0.2, -0.15) is 0 Å². The smallest absolute Gasteiger partial charge is 0.341 e. The minimum absolute atomic E-state index is 0.259. The Labute approximate surface area is 97.2 Å². The van der Waals surface area contributed by atoms with Gasteiger partial charge in [0.1, 0.15) is 0 Å². The standard InChI is InChI=1S/C13H20O3/c1-6-7-10(4)12(14)16-13(15)11(5)8-9(2)3/h7-9H,6H2,1-5H3. The molecule has 0 heterocycles. The summed E-state index contributed by atoms with van der Waals surface area (Å²) in [6.45, 7) is 9.12. The predicted molar refractivity (Wildman–Crippen MR) is 63.7 cm³/mol. The third kappa shape index (κ3) is 5.49. The lowest BCUT2D eigenvalue weighted by Crippen LogP contribution is -2.14. The first-order valence-corrected chi connectivity index (χ1v) is 5.50. The molecule has 0 aromatic rings. The summed E-state index contributed by atoms with van der Waals surface area (Å²) >= 11 is 0. The number of esters is 2. The molecule has 0 N–H and O–H groups in total. The van der Waals surface area contributed by atoms with Crippen molar-refractivity contribution in [3.05, 3.63) is 23.3 Å². The number of carbonyl (C=O) groups is 2. The molecule has 0 atom stereocenters. The zero-order chi connectivity index (χ0) is 12.7. The fourth-order valence-corrected chi connectivity index (χ4v) is 1.20. The van der Waals surface area contributed by atoms with E-state index in [0.717, 1.165) is 6.42 Å². The Morgan fingerprint density at radius 2 is 1.62 bits per heavy atom. The Morgan fingerprint density at radius 3 is 2.06 bits per heavy atom. The molecule has 0 saturated heterocycles. The van der Waals surface area contributed by atoms with Gasteiger partial charge in [0.2, 0.25) is 0 Å². The van der Waals surface area contributed by atoms with E-state index in [-0.39, 0.29) is 5.92 Å². The summed E-state index contributed by atoms with van der Waals surface area (Å²) < 4.78 is 4.71. The Hall–Kier alpha value is -1.38. The molecule has 0 aliphatic rings. The first kappa shape index (κ1) is 14.6. The number of carbonyl (C=O) groups excluding carboxylic acids is 2. The van der Waals surface area contributed by atoms with Crippen LogP contribution in [0, 0.1) is 5.92 Å². The van der Waals surface area contributed by atoms with Crippen molar-refractivity contribution in [2.45, 2.75) is 41.0 Å². The van der Waals surface area contributed by atoms with Crippen LogP contribution in [0.4, 0.5) is 0 Å². The third-order valence-corrected chi connectivity index (χ3v) is 1.92. The molecule has 0 aliphatic carbocycles. The van der Waals surface area contributed by atoms with Crippen LogP contribution in [0.3, 0.4) is 0 Å². The maximum absolute atomic E-state index is 11.5. The predicted octanol–water partition coefficient (Wildman–Crippen LogP) is 3.01. The van der Waals surface area contributed by atoms with Crippen molar-refractivity contribution in [2.75, 3.05) is 0 Å². The highest BCUT2D eigenvalue weighted by Crippen LogP contribution is 2.06. The van der Waals surface area contributed by atoms with Crippen molar-refractivity contribution in [3.63, 3.8) is 0 Å². The van der Waals surface area contributed by atoms with Gasteiger partial charge < -0.3 is 4.74 Å². The van der Waals surface area contributed by atoms with E-state index >= 15 is 0 Å². The number of rotatable bonds is 4. The van der Waals surface area contributed by atoms with Gasteiger partial charge >= 0.3 is 11.9 Å². The van der Waals surface area contributed by atoms with Crippen molar-refractivity contribution in [1.82, 2.24) is 0 Å². The van der Waals surface area contributed by atoms with Crippen LogP contribution >= 0.6 is 0 Å². The van der Waals surface area contributed by atoms with Gasteiger partial charge in [0, 0.05) is 11.1 Å². The molecule has 0 saturated carbocycles. The Bertz CT molecular complexity index is 322. The zero-order valence-corrected chi connectivity index (χ0v) is 10.7. The Morgan fingerprint density at radius 1 is 1.12 bits per heavy atom. The number of hydrogen-bond donors (Lipinski definition) is 0. The summed E-state index contributed by atoms with van der Waals surface area (Å²) in [6.07, 6.45) is 4.25. The maximum Gasteiger partial charge on any atom is 0.341 e. The largest absolute Gasteiger partial charge is 0.386 e. The lowest BCUT2D eigenvalue weighted by molar-refractivity contribution is -0.154. The average Bonchev–Trinajstić information content (AvgIpc) is 2.16. The van der Waals surface area contributed by atoms with Crippen LogP contribution in [0.25, 0.3) is 0 Å². The minimum atomic E-state index is -0.567. The molecule has 0 aromatic carbocycles. The topological polar surface area (TPSA) is 43.4 Å². The summed E-state index contributed by atoms with van der Waals surface area (Å²) in [7, 11) is 0. The average molecular weight is 224 g/mol. The van der Waals surface area contributed by atoms with Crippen molar-refractivity contribution >= 4 is 11.9 Å². The molecule has 16 heavy (non-hydrogen) atoms. The van der Waals surface area contributed by atoms with Crippen LogP contribution in [-0.2, 0) is 14.3 Å². The van der Waals surface area contributed by atoms with Crippen molar-refractivity contribution in [1.29, 1.82) is 0 Å². The van der Waals surface area contributed by atoms with E-state index in [1.54, 1.807) is 26.0 Å². The van der Waals surface area contributed by atoms with Crippen LogP contribution in [0.2, 0.25) is 0 Å². The van der Waals surface area contributed by atoms with Gasteiger partial charge in [0.25, 0.3) is 0 Å². The molecule has 0 spiro atoms. The second-order valence-electron chi connectivity index (χ2n) is 4.07. The van der Waals surface area contributed by atoms with Gasteiger partial charge in [-0.1, -0.05) is 32.9 Å². The fraction of sp³-hybridized carbons (Fsp3) is 0.538. The molecule has 0 amide bonds. The van der Waals surface area contributed by atoms with Crippen molar-refractivity contribution in [2.24, 2.45) is 5.92 Å². The van der Waals surface area contributed by atoms with E-state index in [4.69, 9.17) is 4.74 Å². The van der Waals surface area contributed by atoms with E-state index in [1.165, 1.54) is 0 Å². The highest BCUT2D eigenvalue weighted by atomic mass is 16.6. The summed E-state index contributed by atoms with van der Waals surface area (Å²) in [5.74, 6) is -0.874. The van der Waals surface area contributed by atoms with Gasteiger partial charge in [-0.15, -0.1) is 0 Å². The molecule has 0 rings (SSSR count). The molecule has 0 aromatic heterocycles. The van der Waals surface area contributed by atoms with E-state index in [2.05, 4.69) is 0 Å². The monoisotopic (exact) mass is 224 g/mol. The molecule has 90 valence electrons. The SMILES string of the molecule is CCC=C(C)C(=O)OC(=O)C(C)=CC(C)C. The van der Waals surface area contributed by atoms with E-state index in [0.29, 0.717) is 11.1 Å². The summed E-state index contributed by atoms with van der Waals surface area (Å²) in [4.78, 5) is 22.9. The lowest BCUT2D eigenvalue weighted by Gasteiger charge is -2.04. The van der Waals surface area contributed by atoms with E-state index in [1.807, 2.05) is 20.8 Å². The summed E-state index contributed by atoms with van der Waals surface area (Å²) in [5.41, 5.74) is 0.931. The molecule has 3 nitrogen and oxygen atoms in total. The molecular weight excluding hydrogens is 204 g/mol. The van der Waals surface area contributed by atoms with Gasteiger partial charge in [-0.3, -0.25) is 0 Å². The van der Waals surface area contributed by atoms with Crippen molar-refractivity contribution < 1.29 is 14.3 Å². The molecule has 0 aliphatic heterocycles. The van der Waals surface area contributed by atoms with Crippen LogP contribution in [0.1, 0.15) is 41.0 Å². The van der Waals surface area contributed by atoms with Gasteiger partial charge in [0.05, 0.1) is 0 Å². The van der Waals surface area contributed by atoms with Crippen LogP contribution < -0.4 is 0 Å². The second-order valence-corrected chi connectivity index (χ2v) is 4.07. The van der Waals surface area contributed by atoms with Gasteiger partial charge in [-0.25, -0.2) is 9.59 Å². The summed E-state index contributed by atoms with van der Waals surface area (Å²) in [6, 6.07) is 0. The maximum atomic E-state index is 11.5. The molecule has 0 unspecified atom stereocenters. The third-order valence-electron chi connectivity index (χ3n) is 1.92. The molecule has 0 bridgehead atoms. The molecule has 0 radical (unpaired) electrons. The lowest BCUT2D eigenvalue weighted by atomic mass is 10.1. The normalized spacial score (nSPS) is 12.9. The quantitative estimate of drug-likeness (QED) is 0.419. The van der Waals surface area contributed by atoms with E-state index in [9.17, 15) is 9.59 Å². The zero-order valence-electron chi connectivity index (χ0n) is 10.7. The molecular formula is C13H20O3. The van der Waals surface area contributed by atoms with Crippen LogP contribution in [0.5, 0.6) is 0 Å². The van der Waals surface area contributed by atoms with Gasteiger partial charge in [-0.05, 0) is 26.2 Å². The number of ether oxygens (including phenoxy) is 1. The molecule has 3 heteroatoms. The van der Waals surface area contributed by atoms with E-state index < -0.39 is 11.9 Å².